The first-order valence-corrected chi connectivity index (χ1v) is 6.85. The summed E-state index contributed by atoms with van der Waals surface area (Å²) in [6.45, 7) is 4.56. The number of ether oxygens (including phenoxy) is 1. The summed E-state index contributed by atoms with van der Waals surface area (Å²) in [5.74, 6) is -0.111. The van der Waals surface area contributed by atoms with E-state index in [1.165, 1.54) is 5.56 Å². The van der Waals surface area contributed by atoms with Crippen molar-refractivity contribution in [3.8, 4) is 0 Å². The van der Waals surface area contributed by atoms with E-state index in [2.05, 4.69) is 15.5 Å². The van der Waals surface area contributed by atoms with Crippen LogP contribution >= 0.6 is 0 Å². The first kappa shape index (κ1) is 15.0. The minimum absolute atomic E-state index is 0.0933. The topological polar surface area (TPSA) is 53.6 Å². The molecule has 1 saturated heterocycles. The second-order valence-electron chi connectivity index (χ2n) is 5.83. The normalized spacial score (nSPS) is 16.8. The number of amides is 1. The van der Waals surface area contributed by atoms with Gasteiger partial charge >= 0.3 is 0 Å². The van der Waals surface area contributed by atoms with Crippen LogP contribution in [0.15, 0.2) is 24.3 Å². The van der Waals surface area contributed by atoms with Crippen molar-refractivity contribution in [2.24, 2.45) is 0 Å². The first-order chi connectivity index (χ1) is 9.47. The van der Waals surface area contributed by atoms with Crippen molar-refractivity contribution >= 4 is 11.6 Å². The van der Waals surface area contributed by atoms with Crippen LogP contribution in [0.3, 0.4) is 0 Å². The number of benzene rings is 1. The molecule has 0 saturated carbocycles. The molecular weight excluding hydrogens is 254 g/mol. The molecule has 2 rings (SSSR count). The SMILES string of the molecule is CN(C)Cc1cccc(NC(=O)COC2(C)CNC2)c1. The standard InChI is InChI=1S/C15H23N3O2/c1-15(10-16-11-15)20-9-14(19)17-13-6-4-5-12(7-13)8-18(2)3/h4-7,16H,8-11H2,1-3H3,(H,17,19). The van der Waals surface area contributed by atoms with E-state index in [9.17, 15) is 4.79 Å². The highest BCUT2D eigenvalue weighted by Crippen LogP contribution is 2.16. The number of nitrogens with one attached hydrogen (secondary N) is 2. The minimum Gasteiger partial charge on any atom is -0.363 e. The molecule has 0 aromatic heterocycles. The molecule has 0 aliphatic carbocycles. The zero-order valence-electron chi connectivity index (χ0n) is 12.4. The molecule has 1 amide bonds. The van der Waals surface area contributed by atoms with Gasteiger partial charge in [0.05, 0.1) is 5.60 Å². The monoisotopic (exact) mass is 277 g/mol. The van der Waals surface area contributed by atoms with Gasteiger partial charge in [0.1, 0.15) is 6.61 Å². The van der Waals surface area contributed by atoms with Gasteiger partial charge < -0.3 is 20.3 Å². The lowest BCUT2D eigenvalue weighted by Crippen LogP contribution is -2.59. The van der Waals surface area contributed by atoms with Gasteiger partial charge in [-0.15, -0.1) is 0 Å². The number of rotatable bonds is 6. The number of nitrogens with zero attached hydrogens (tertiary/aromatic N) is 1. The van der Waals surface area contributed by atoms with Gasteiger partial charge in [-0.1, -0.05) is 12.1 Å². The highest BCUT2D eigenvalue weighted by atomic mass is 16.5. The average molecular weight is 277 g/mol. The molecule has 0 radical (unpaired) electrons. The Hall–Kier alpha value is -1.43. The summed E-state index contributed by atoms with van der Waals surface area (Å²) in [4.78, 5) is 14.0. The highest BCUT2D eigenvalue weighted by Gasteiger charge is 2.32. The van der Waals surface area contributed by atoms with Gasteiger partial charge in [0.2, 0.25) is 5.91 Å². The lowest BCUT2D eigenvalue weighted by Gasteiger charge is -2.38. The van der Waals surface area contributed by atoms with E-state index < -0.39 is 0 Å². The molecule has 0 unspecified atom stereocenters. The third kappa shape index (κ3) is 4.30. The fraction of sp³-hybridized carbons (Fsp3) is 0.533. The molecule has 20 heavy (non-hydrogen) atoms. The van der Waals surface area contributed by atoms with Crippen molar-refractivity contribution in [1.82, 2.24) is 10.2 Å². The molecule has 1 aliphatic heterocycles. The molecule has 1 heterocycles. The van der Waals surface area contributed by atoms with Crippen molar-refractivity contribution in [3.63, 3.8) is 0 Å². The largest absolute Gasteiger partial charge is 0.363 e. The Labute approximate surface area is 120 Å². The fourth-order valence-electron chi connectivity index (χ4n) is 2.13. The lowest BCUT2D eigenvalue weighted by atomic mass is 10.0. The fourth-order valence-corrected chi connectivity index (χ4v) is 2.13. The van der Waals surface area contributed by atoms with Crippen molar-refractivity contribution in [1.29, 1.82) is 0 Å². The van der Waals surface area contributed by atoms with Crippen molar-refractivity contribution in [2.75, 3.05) is 39.1 Å². The summed E-state index contributed by atoms with van der Waals surface area (Å²) in [5.41, 5.74) is 1.79. The lowest BCUT2D eigenvalue weighted by molar-refractivity contribution is -0.130. The Bertz CT molecular complexity index is 470. The molecule has 0 bridgehead atoms. The molecule has 5 nitrogen and oxygen atoms in total. The number of carbonyl (C=O) groups excluding carboxylic acids is 1. The molecule has 1 aliphatic rings. The summed E-state index contributed by atoms with van der Waals surface area (Å²) < 4.78 is 5.61. The van der Waals surface area contributed by atoms with E-state index in [-0.39, 0.29) is 18.1 Å². The van der Waals surface area contributed by atoms with Gasteiger partial charge in [-0.25, -0.2) is 0 Å². The minimum atomic E-state index is -0.190. The highest BCUT2D eigenvalue weighted by molar-refractivity contribution is 5.91. The Morgan fingerprint density at radius 2 is 2.20 bits per heavy atom. The number of hydrogen-bond acceptors (Lipinski definition) is 4. The summed E-state index contributed by atoms with van der Waals surface area (Å²) in [7, 11) is 4.04. The van der Waals surface area contributed by atoms with Crippen LogP contribution in [0.1, 0.15) is 12.5 Å². The van der Waals surface area contributed by atoms with E-state index in [1.807, 2.05) is 45.3 Å². The molecule has 1 aromatic carbocycles. The molecule has 1 aromatic rings. The van der Waals surface area contributed by atoms with E-state index in [0.717, 1.165) is 25.3 Å². The molecule has 110 valence electrons. The van der Waals surface area contributed by atoms with Gasteiger partial charge in [0.15, 0.2) is 0 Å². The summed E-state index contributed by atoms with van der Waals surface area (Å²) in [6, 6.07) is 7.88. The first-order valence-electron chi connectivity index (χ1n) is 6.85. The van der Waals surface area contributed by atoms with Crippen LogP contribution in [-0.2, 0) is 16.1 Å². The zero-order valence-corrected chi connectivity index (χ0v) is 12.4. The van der Waals surface area contributed by atoms with Crippen molar-refractivity contribution < 1.29 is 9.53 Å². The maximum atomic E-state index is 11.9. The molecule has 5 heteroatoms. The van der Waals surface area contributed by atoms with Crippen LogP contribution in [-0.4, -0.2) is 50.2 Å². The van der Waals surface area contributed by atoms with Gasteiger partial charge in [0.25, 0.3) is 0 Å². The van der Waals surface area contributed by atoms with Gasteiger partial charge in [0, 0.05) is 25.3 Å². The summed E-state index contributed by atoms with van der Waals surface area (Å²) in [5, 5.41) is 6.01. The van der Waals surface area contributed by atoms with E-state index >= 15 is 0 Å². The van der Waals surface area contributed by atoms with Crippen LogP contribution in [0.25, 0.3) is 0 Å². The van der Waals surface area contributed by atoms with Crippen LogP contribution in [0, 0.1) is 0 Å². The smallest absolute Gasteiger partial charge is 0.250 e. The second-order valence-corrected chi connectivity index (χ2v) is 5.83. The van der Waals surface area contributed by atoms with E-state index in [4.69, 9.17) is 4.74 Å². The van der Waals surface area contributed by atoms with E-state index in [1.54, 1.807) is 0 Å². The predicted molar refractivity (Wildman–Crippen MR) is 79.7 cm³/mol. The Balaban J connectivity index is 1.84. The Morgan fingerprint density at radius 1 is 1.45 bits per heavy atom. The van der Waals surface area contributed by atoms with Crippen LogP contribution in [0.4, 0.5) is 5.69 Å². The Morgan fingerprint density at radius 3 is 2.80 bits per heavy atom. The summed E-state index contributed by atoms with van der Waals surface area (Å²) in [6.07, 6.45) is 0. The van der Waals surface area contributed by atoms with E-state index in [0.29, 0.717) is 0 Å². The second kappa shape index (κ2) is 6.35. The maximum absolute atomic E-state index is 11.9. The average Bonchev–Trinajstić information content (AvgIpc) is 2.33. The van der Waals surface area contributed by atoms with Crippen LogP contribution in [0.2, 0.25) is 0 Å². The van der Waals surface area contributed by atoms with Gasteiger partial charge in [-0.2, -0.15) is 0 Å². The predicted octanol–water partition coefficient (Wildman–Crippen LogP) is 1.07. The van der Waals surface area contributed by atoms with Gasteiger partial charge in [-0.05, 0) is 38.7 Å². The number of hydrogen-bond donors (Lipinski definition) is 2. The van der Waals surface area contributed by atoms with Crippen molar-refractivity contribution in [2.45, 2.75) is 19.1 Å². The Kier molecular flexibility index (Phi) is 4.75. The third-order valence-electron chi connectivity index (χ3n) is 3.26. The number of carbonyl (C=O) groups is 1. The maximum Gasteiger partial charge on any atom is 0.250 e. The number of anilines is 1. The quantitative estimate of drug-likeness (QED) is 0.816. The summed E-state index contributed by atoms with van der Waals surface area (Å²) >= 11 is 0. The molecule has 1 fully saturated rings. The molecular formula is C15H23N3O2. The van der Waals surface area contributed by atoms with Crippen LogP contribution in [0.5, 0.6) is 0 Å². The van der Waals surface area contributed by atoms with Crippen molar-refractivity contribution in [3.05, 3.63) is 29.8 Å². The zero-order chi connectivity index (χ0) is 14.6. The molecule has 0 atom stereocenters. The van der Waals surface area contributed by atoms with Crippen LogP contribution < -0.4 is 10.6 Å². The molecule has 0 spiro atoms. The molecule has 2 N–H and O–H groups in total. The third-order valence-corrected chi connectivity index (χ3v) is 3.26. The van der Waals surface area contributed by atoms with Gasteiger partial charge in [-0.3, -0.25) is 4.79 Å².